The summed E-state index contributed by atoms with van der Waals surface area (Å²) in [7, 11) is 0. The van der Waals surface area contributed by atoms with Gasteiger partial charge in [-0.15, -0.1) is 0 Å². The van der Waals surface area contributed by atoms with E-state index in [9.17, 15) is 13.6 Å². The molecule has 1 aromatic heterocycles. The van der Waals surface area contributed by atoms with Crippen molar-refractivity contribution < 1.29 is 23.0 Å². The Hall–Kier alpha value is -1.92. The predicted molar refractivity (Wildman–Crippen MR) is 75.9 cm³/mol. The monoisotopic (exact) mass is 314 g/mol. The summed E-state index contributed by atoms with van der Waals surface area (Å²) < 4.78 is 38.1. The van der Waals surface area contributed by atoms with E-state index in [-0.39, 0.29) is 18.8 Å². The van der Waals surface area contributed by atoms with Gasteiger partial charge in [-0.1, -0.05) is 0 Å². The van der Waals surface area contributed by atoms with Gasteiger partial charge >= 0.3 is 6.09 Å². The van der Waals surface area contributed by atoms with Gasteiger partial charge in [-0.25, -0.2) is 13.6 Å². The Morgan fingerprint density at radius 1 is 1.41 bits per heavy atom. The van der Waals surface area contributed by atoms with E-state index in [4.69, 9.17) is 9.47 Å². The van der Waals surface area contributed by atoms with Gasteiger partial charge in [0.15, 0.2) is 6.10 Å². The van der Waals surface area contributed by atoms with E-state index in [1.165, 1.54) is 11.1 Å². The second-order valence-corrected chi connectivity index (χ2v) is 6.37. The van der Waals surface area contributed by atoms with Crippen molar-refractivity contribution in [1.29, 1.82) is 0 Å². The van der Waals surface area contributed by atoms with Crippen LogP contribution in [0.1, 0.15) is 33.4 Å². The van der Waals surface area contributed by atoms with Crippen molar-refractivity contribution in [2.75, 3.05) is 6.54 Å². The van der Waals surface area contributed by atoms with Crippen LogP contribution in [-0.2, 0) is 11.3 Å². The number of fused-ring (bicyclic) bond motifs is 1. The molecule has 122 valence electrons. The smallest absolute Gasteiger partial charge is 0.410 e. The number of rotatable bonds is 1. The lowest BCUT2D eigenvalue weighted by Gasteiger charge is -2.29. The van der Waals surface area contributed by atoms with Gasteiger partial charge in [0.2, 0.25) is 0 Å². The van der Waals surface area contributed by atoms with Crippen molar-refractivity contribution in [3.63, 3.8) is 0 Å². The van der Waals surface area contributed by atoms with Crippen molar-refractivity contribution in [3.8, 4) is 5.75 Å². The van der Waals surface area contributed by atoms with Gasteiger partial charge in [0.05, 0.1) is 13.1 Å². The van der Waals surface area contributed by atoms with Gasteiger partial charge in [0, 0.05) is 13.1 Å². The number of hydrogen-bond acceptors (Lipinski definition) is 4. The molecule has 1 aliphatic rings. The number of aromatic nitrogens is 1. The average molecular weight is 314 g/mol. The van der Waals surface area contributed by atoms with E-state index in [1.54, 1.807) is 32.9 Å². The summed E-state index contributed by atoms with van der Waals surface area (Å²) in [6.07, 6.45) is -0.589. The van der Waals surface area contributed by atoms with Crippen LogP contribution in [0.15, 0.2) is 18.3 Å². The molecule has 0 saturated carbocycles. The molecule has 2 rings (SSSR count). The molecule has 0 unspecified atom stereocenters. The lowest BCUT2D eigenvalue weighted by molar-refractivity contribution is -0.0880. The van der Waals surface area contributed by atoms with Crippen molar-refractivity contribution in [3.05, 3.63) is 24.0 Å². The number of amides is 1. The Labute approximate surface area is 128 Å². The molecular formula is C15H20F2N2O3. The zero-order valence-corrected chi connectivity index (χ0v) is 13.1. The first kappa shape index (κ1) is 16.5. The van der Waals surface area contributed by atoms with E-state index < -0.39 is 23.7 Å². The number of hydrogen-bond donors (Lipinski definition) is 0. The SMILES string of the molecule is CC(C)(C)OC(=O)N1Cc2ncccc2O[C@H](C(C)(F)F)C1. The Morgan fingerprint density at radius 3 is 2.68 bits per heavy atom. The van der Waals surface area contributed by atoms with Crippen LogP contribution in [0.2, 0.25) is 0 Å². The lowest BCUT2D eigenvalue weighted by Crippen LogP contribution is -2.46. The summed E-state index contributed by atoms with van der Waals surface area (Å²) in [4.78, 5) is 17.5. The largest absolute Gasteiger partial charge is 0.480 e. The highest BCUT2D eigenvalue weighted by Crippen LogP contribution is 2.30. The summed E-state index contributed by atoms with van der Waals surface area (Å²) in [6.45, 7) is 5.73. The number of nitrogens with zero attached hydrogens (tertiary/aromatic N) is 2. The maximum atomic E-state index is 13.7. The minimum atomic E-state index is -3.10. The minimum Gasteiger partial charge on any atom is -0.480 e. The molecular weight excluding hydrogens is 294 g/mol. The molecule has 2 heterocycles. The number of pyridine rings is 1. The highest BCUT2D eigenvalue weighted by molar-refractivity contribution is 5.68. The number of halogens is 2. The maximum absolute atomic E-state index is 13.7. The molecule has 0 fully saturated rings. The standard InChI is InChI=1S/C15H20F2N2O3/c1-14(2,3)22-13(20)19-8-10-11(6-5-7-18-10)21-12(9-19)15(4,16)17/h5-7,12H,8-9H2,1-4H3/t12-/m0/s1. The summed E-state index contributed by atoms with van der Waals surface area (Å²) in [5.41, 5.74) is -0.276. The number of alkyl halides is 2. The average Bonchev–Trinajstić information content (AvgIpc) is 2.55. The van der Waals surface area contributed by atoms with Crippen LogP contribution in [0, 0.1) is 0 Å². The normalized spacial score (nSPS) is 19.0. The third-order valence-electron chi connectivity index (χ3n) is 3.06. The van der Waals surface area contributed by atoms with Gasteiger partial charge in [0.25, 0.3) is 5.92 Å². The molecule has 0 N–H and O–H groups in total. The zero-order chi connectivity index (χ0) is 16.5. The highest BCUT2D eigenvalue weighted by atomic mass is 19.3. The Bertz CT molecular complexity index is 552. The fourth-order valence-electron chi connectivity index (χ4n) is 2.01. The molecule has 1 atom stereocenters. The molecule has 1 amide bonds. The molecule has 0 bridgehead atoms. The summed E-state index contributed by atoms with van der Waals surface area (Å²) in [6, 6.07) is 3.17. The minimum absolute atomic E-state index is 0.0671. The van der Waals surface area contributed by atoms with Crippen LogP contribution < -0.4 is 4.74 Å². The predicted octanol–water partition coefficient (Wildman–Crippen LogP) is 3.23. The third-order valence-corrected chi connectivity index (χ3v) is 3.06. The van der Waals surface area contributed by atoms with Gasteiger partial charge in [-0.3, -0.25) is 9.88 Å². The fourth-order valence-corrected chi connectivity index (χ4v) is 2.01. The first-order valence-corrected chi connectivity index (χ1v) is 7.02. The first-order valence-electron chi connectivity index (χ1n) is 7.02. The van der Waals surface area contributed by atoms with E-state index >= 15 is 0 Å². The Balaban J connectivity index is 2.29. The van der Waals surface area contributed by atoms with Gasteiger partial charge in [0.1, 0.15) is 17.0 Å². The van der Waals surface area contributed by atoms with Gasteiger partial charge in [-0.2, -0.15) is 0 Å². The molecule has 1 aromatic rings. The van der Waals surface area contributed by atoms with E-state index in [0.717, 1.165) is 6.92 Å². The van der Waals surface area contributed by atoms with Crippen LogP contribution in [0.25, 0.3) is 0 Å². The van der Waals surface area contributed by atoms with E-state index in [1.807, 2.05) is 0 Å². The summed E-state index contributed by atoms with van der Waals surface area (Å²) in [5, 5.41) is 0. The van der Waals surface area contributed by atoms with Crippen molar-refractivity contribution in [2.24, 2.45) is 0 Å². The molecule has 22 heavy (non-hydrogen) atoms. The quantitative estimate of drug-likeness (QED) is 0.798. The molecule has 7 heteroatoms. The van der Waals surface area contributed by atoms with Crippen LogP contribution in [0.4, 0.5) is 13.6 Å². The summed E-state index contributed by atoms with van der Waals surface area (Å²) >= 11 is 0. The van der Waals surface area contributed by atoms with Crippen molar-refractivity contribution in [1.82, 2.24) is 9.88 Å². The maximum Gasteiger partial charge on any atom is 0.410 e. The summed E-state index contributed by atoms with van der Waals surface area (Å²) in [5.74, 6) is -2.84. The molecule has 5 nitrogen and oxygen atoms in total. The Morgan fingerprint density at radius 2 is 2.09 bits per heavy atom. The molecule has 0 radical (unpaired) electrons. The molecule has 0 aromatic carbocycles. The third kappa shape index (κ3) is 4.05. The molecule has 0 saturated heterocycles. The first-order chi connectivity index (χ1) is 10.1. The molecule has 0 spiro atoms. The van der Waals surface area contributed by atoms with Crippen LogP contribution in [0.5, 0.6) is 5.75 Å². The van der Waals surface area contributed by atoms with E-state index in [0.29, 0.717) is 5.69 Å². The van der Waals surface area contributed by atoms with Crippen LogP contribution in [-0.4, -0.2) is 40.1 Å². The molecule has 1 aliphatic heterocycles. The topological polar surface area (TPSA) is 51.7 Å². The molecule has 0 aliphatic carbocycles. The van der Waals surface area contributed by atoms with Gasteiger partial charge in [-0.05, 0) is 32.9 Å². The van der Waals surface area contributed by atoms with Crippen LogP contribution >= 0.6 is 0 Å². The second-order valence-electron chi connectivity index (χ2n) is 6.37. The Kier molecular flexibility index (Phi) is 4.26. The van der Waals surface area contributed by atoms with Crippen LogP contribution in [0.3, 0.4) is 0 Å². The number of carbonyl (C=O) groups is 1. The van der Waals surface area contributed by atoms with Crippen molar-refractivity contribution in [2.45, 2.75) is 51.9 Å². The lowest BCUT2D eigenvalue weighted by atomic mass is 10.2. The zero-order valence-electron chi connectivity index (χ0n) is 13.1. The fraction of sp³-hybridized carbons (Fsp3) is 0.600. The van der Waals surface area contributed by atoms with E-state index in [2.05, 4.69) is 4.98 Å². The number of ether oxygens (including phenoxy) is 2. The van der Waals surface area contributed by atoms with Crippen molar-refractivity contribution >= 4 is 6.09 Å². The van der Waals surface area contributed by atoms with Gasteiger partial charge < -0.3 is 9.47 Å². The number of carbonyl (C=O) groups excluding carboxylic acids is 1. The highest BCUT2D eigenvalue weighted by Gasteiger charge is 2.41. The second kappa shape index (κ2) is 5.70.